The summed E-state index contributed by atoms with van der Waals surface area (Å²) in [5.41, 5.74) is 0.808. The number of aliphatic hydroxyl groups excluding tert-OH is 1. The minimum atomic E-state index is -0.517. The molecule has 0 saturated heterocycles. The van der Waals surface area contributed by atoms with E-state index in [1.807, 2.05) is 24.3 Å². The van der Waals surface area contributed by atoms with Crippen LogP contribution in [0.4, 0.5) is 0 Å². The van der Waals surface area contributed by atoms with Gasteiger partial charge in [0.25, 0.3) is 0 Å². The lowest BCUT2D eigenvalue weighted by atomic mass is 10.1. The second-order valence-electron chi connectivity index (χ2n) is 4.08. The molecule has 1 unspecified atom stereocenters. The van der Waals surface area contributed by atoms with Gasteiger partial charge in [0.15, 0.2) is 11.5 Å². The zero-order chi connectivity index (χ0) is 13.8. The highest BCUT2D eigenvalue weighted by atomic mass is 79.9. The fraction of sp³-hybridized carbons (Fsp3) is 0.286. The molecule has 0 aliphatic rings. The standard InChI is InChI=1S/C14H15BrO3S/c1-9(16)10-3-5-12(13(7-10)17-2)18-8-11-4-6-14(15)19-11/h3-7,9,16H,8H2,1-2H3. The zero-order valence-electron chi connectivity index (χ0n) is 10.7. The first kappa shape index (κ1) is 14.4. The van der Waals surface area contributed by atoms with Gasteiger partial charge in [-0.25, -0.2) is 0 Å². The lowest BCUT2D eigenvalue weighted by molar-refractivity contribution is 0.198. The highest BCUT2D eigenvalue weighted by Crippen LogP contribution is 2.31. The van der Waals surface area contributed by atoms with Crippen molar-refractivity contribution in [2.45, 2.75) is 19.6 Å². The number of hydrogen-bond donors (Lipinski definition) is 1. The smallest absolute Gasteiger partial charge is 0.161 e. The molecule has 2 aromatic rings. The van der Waals surface area contributed by atoms with Crippen LogP contribution < -0.4 is 9.47 Å². The van der Waals surface area contributed by atoms with Crippen LogP contribution in [-0.4, -0.2) is 12.2 Å². The lowest BCUT2D eigenvalue weighted by Gasteiger charge is -2.12. The van der Waals surface area contributed by atoms with Crippen LogP contribution in [0.25, 0.3) is 0 Å². The molecule has 0 aliphatic heterocycles. The Morgan fingerprint density at radius 3 is 2.63 bits per heavy atom. The van der Waals surface area contributed by atoms with Crippen molar-refractivity contribution in [1.29, 1.82) is 0 Å². The van der Waals surface area contributed by atoms with Crippen LogP contribution in [0.15, 0.2) is 34.1 Å². The summed E-state index contributed by atoms with van der Waals surface area (Å²) < 4.78 is 12.1. The third kappa shape index (κ3) is 3.72. The van der Waals surface area contributed by atoms with E-state index in [1.165, 1.54) is 0 Å². The molecule has 1 aromatic heterocycles. The number of methoxy groups -OCH3 is 1. The Morgan fingerprint density at radius 1 is 1.26 bits per heavy atom. The van der Waals surface area contributed by atoms with Gasteiger partial charge in [-0.3, -0.25) is 0 Å². The van der Waals surface area contributed by atoms with E-state index in [0.717, 1.165) is 14.2 Å². The second-order valence-corrected chi connectivity index (χ2v) is 6.63. The van der Waals surface area contributed by atoms with E-state index < -0.39 is 6.10 Å². The predicted molar refractivity (Wildman–Crippen MR) is 80.0 cm³/mol. The second kappa shape index (κ2) is 6.41. The molecule has 0 amide bonds. The van der Waals surface area contributed by atoms with Crippen LogP contribution in [0.3, 0.4) is 0 Å². The Hall–Kier alpha value is -1.04. The molecular formula is C14H15BrO3S. The molecular weight excluding hydrogens is 328 g/mol. The van der Waals surface area contributed by atoms with E-state index in [9.17, 15) is 5.11 Å². The molecule has 0 saturated carbocycles. The average Bonchev–Trinajstić information content (AvgIpc) is 2.81. The minimum Gasteiger partial charge on any atom is -0.493 e. The molecule has 1 atom stereocenters. The molecule has 0 radical (unpaired) electrons. The Balaban J connectivity index is 2.11. The SMILES string of the molecule is COc1cc(C(C)O)ccc1OCc1ccc(Br)s1. The lowest BCUT2D eigenvalue weighted by Crippen LogP contribution is -1.98. The van der Waals surface area contributed by atoms with Crippen LogP contribution in [-0.2, 0) is 6.61 Å². The summed E-state index contributed by atoms with van der Waals surface area (Å²) in [6.45, 7) is 2.22. The minimum absolute atomic E-state index is 0.501. The van der Waals surface area contributed by atoms with Gasteiger partial charge >= 0.3 is 0 Å². The van der Waals surface area contributed by atoms with Crippen molar-refractivity contribution in [2.75, 3.05) is 7.11 Å². The maximum absolute atomic E-state index is 9.55. The Bertz CT molecular complexity index is 551. The summed E-state index contributed by atoms with van der Waals surface area (Å²) in [7, 11) is 1.59. The van der Waals surface area contributed by atoms with Gasteiger partial charge in [0.1, 0.15) is 6.61 Å². The third-order valence-corrected chi connectivity index (χ3v) is 4.27. The van der Waals surface area contributed by atoms with Crippen LogP contribution in [0.2, 0.25) is 0 Å². The average molecular weight is 343 g/mol. The van der Waals surface area contributed by atoms with E-state index >= 15 is 0 Å². The van der Waals surface area contributed by atoms with Gasteiger partial charge in [0.2, 0.25) is 0 Å². The normalized spacial score (nSPS) is 12.2. The zero-order valence-corrected chi connectivity index (χ0v) is 13.1. The number of hydrogen-bond acceptors (Lipinski definition) is 4. The molecule has 0 bridgehead atoms. The Morgan fingerprint density at radius 2 is 2.05 bits per heavy atom. The van der Waals surface area contributed by atoms with Gasteiger partial charge in [-0.05, 0) is 52.7 Å². The van der Waals surface area contributed by atoms with Gasteiger partial charge in [-0.15, -0.1) is 11.3 Å². The maximum Gasteiger partial charge on any atom is 0.161 e. The maximum atomic E-state index is 9.55. The first-order chi connectivity index (χ1) is 9.10. The highest BCUT2D eigenvalue weighted by molar-refractivity contribution is 9.11. The molecule has 19 heavy (non-hydrogen) atoms. The number of thiophene rings is 1. The number of rotatable bonds is 5. The fourth-order valence-electron chi connectivity index (χ4n) is 1.64. The van der Waals surface area contributed by atoms with Gasteiger partial charge in [-0.2, -0.15) is 0 Å². The first-order valence-electron chi connectivity index (χ1n) is 5.83. The molecule has 3 nitrogen and oxygen atoms in total. The number of halogens is 1. The van der Waals surface area contributed by atoms with Crippen LogP contribution in [0, 0.1) is 0 Å². The van der Waals surface area contributed by atoms with Crippen molar-refractivity contribution in [1.82, 2.24) is 0 Å². The van der Waals surface area contributed by atoms with Gasteiger partial charge < -0.3 is 14.6 Å². The van der Waals surface area contributed by atoms with Crippen LogP contribution >= 0.6 is 27.3 Å². The van der Waals surface area contributed by atoms with Crippen LogP contribution in [0.5, 0.6) is 11.5 Å². The molecule has 102 valence electrons. The number of aliphatic hydroxyl groups is 1. The van der Waals surface area contributed by atoms with Crippen LogP contribution in [0.1, 0.15) is 23.5 Å². The summed E-state index contributed by atoms with van der Waals surface area (Å²) in [6, 6.07) is 9.48. The summed E-state index contributed by atoms with van der Waals surface area (Å²) in [5, 5.41) is 9.55. The van der Waals surface area contributed by atoms with Crippen molar-refractivity contribution >= 4 is 27.3 Å². The summed E-state index contributed by atoms with van der Waals surface area (Å²) in [5.74, 6) is 1.31. The van der Waals surface area contributed by atoms with Gasteiger partial charge in [0, 0.05) is 4.88 Å². The molecule has 0 aliphatic carbocycles. The van der Waals surface area contributed by atoms with E-state index in [1.54, 1.807) is 31.4 Å². The summed E-state index contributed by atoms with van der Waals surface area (Å²) in [6.07, 6.45) is -0.517. The predicted octanol–water partition coefficient (Wildman–Crippen LogP) is 4.15. The third-order valence-electron chi connectivity index (χ3n) is 2.67. The van der Waals surface area contributed by atoms with Crippen molar-refractivity contribution in [3.05, 3.63) is 44.6 Å². The number of ether oxygens (including phenoxy) is 2. The van der Waals surface area contributed by atoms with Crippen molar-refractivity contribution in [3.63, 3.8) is 0 Å². The topological polar surface area (TPSA) is 38.7 Å². The molecule has 1 N–H and O–H groups in total. The van der Waals surface area contributed by atoms with Gasteiger partial charge in [0.05, 0.1) is 17.0 Å². The molecule has 5 heteroatoms. The molecule has 0 fully saturated rings. The van der Waals surface area contributed by atoms with Crippen molar-refractivity contribution < 1.29 is 14.6 Å². The van der Waals surface area contributed by atoms with E-state index in [2.05, 4.69) is 15.9 Å². The fourth-order valence-corrected chi connectivity index (χ4v) is 3.04. The Labute approximate surface area is 124 Å². The van der Waals surface area contributed by atoms with E-state index in [-0.39, 0.29) is 0 Å². The Kier molecular flexibility index (Phi) is 4.85. The van der Waals surface area contributed by atoms with Gasteiger partial charge in [-0.1, -0.05) is 6.07 Å². The quantitative estimate of drug-likeness (QED) is 0.886. The van der Waals surface area contributed by atoms with E-state index in [4.69, 9.17) is 9.47 Å². The molecule has 1 aromatic carbocycles. The highest BCUT2D eigenvalue weighted by Gasteiger charge is 2.09. The van der Waals surface area contributed by atoms with Crippen molar-refractivity contribution in [3.8, 4) is 11.5 Å². The monoisotopic (exact) mass is 342 g/mol. The van der Waals surface area contributed by atoms with E-state index in [0.29, 0.717) is 18.1 Å². The molecule has 1 heterocycles. The number of benzene rings is 1. The summed E-state index contributed by atoms with van der Waals surface area (Å²) >= 11 is 5.06. The molecule has 0 spiro atoms. The summed E-state index contributed by atoms with van der Waals surface area (Å²) in [4.78, 5) is 1.13. The van der Waals surface area contributed by atoms with Crippen molar-refractivity contribution in [2.24, 2.45) is 0 Å². The largest absolute Gasteiger partial charge is 0.493 e. The molecule has 2 rings (SSSR count). The first-order valence-corrected chi connectivity index (χ1v) is 7.44.